The Kier molecular flexibility index (Phi) is 7.07. The molecule has 1 saturated carbocycles. The fourth-order valence-corrected chi connectivity index (χ4v) is 4.15. The molecular formula is C20H27ClFN3O2. The number of anilines is 1. The summed E-state index contributed by atoms with van der Waals surface area (Å²) in [5.41, 5.74) is 0.423. The van der Waals surface area contributed by atoms with Crippen LogP contribution in [0.4, 0.5) is 10.2 Å². The van der Waals surface area contributed by atoms with E-state index in [1.807, 2.05) is 0 Å². The molecule has 27 heavy (non-hydrogen) atoms. The molecule has 1 atom stereocenters. The zero-order valence-electron chi connectivity index (χ0n) is 15.7. The number of rotatable bonds is 6. The average molecular weight is 396 g/mol. The molecule has 5 nitrogen and oxygen atoms in total. The molecule has 7 heteroatoms. The Morgan fingerprint density at radius 3 is 2.89 bits per heavy atom. The molecule has 0 radical (unpaired) electrons. The van der Waals surface area contributed by atoms with E-state index in [1.165, 1.54) is 38.3 Å². The van der Waals surface area contributed by atoms with Crippen LogP contribution in [0.1, 0.15) is 51.0 Å². The van der Waals surface area contributed by atoms with Gasteiger partial charge in [-0.3, -0.25) is 4.90 Å². The van der Waals surface area contributed by atoms with Gasteiger partial charge in [-0.1, -0.05) is 30.9 Å². The lowest BCUT2D eigenvalue weighted by Crippen LogP contribution is -2.36. The zero-order chi connectivity index (χ0) is 19.2. The van der Waals surface area contributed by atoms with Gasteiger partial charge in [-0.25, -0.2) is 9.78 Å². The number of carbonyl (C=O) groups is 1. The number of nitrogens with one attached hydrogen (secondary N) is 1. The molecule has 1 aliphatic carbocycles. The molecule has 2 heterocycles. The van der Waals surface area contributed by atoms with E-state index in [0.717, 1.165) is 25.6 Å². The van der Waals surface area contributed by atoms with Crippen molar-refractivity contribution >= 4 is 29.5 Å². The highest BCUT2D eigenvalue weighted by molar-refractivity contribution is 6.33. The van der Waals surface area contributed by atoms with Gasteiger partial charge in [-0.2, -0.15) is 4.39 Å². The molecule has 3 rings (SSSR count). The van der Waals surface area contributed by atoms with Crippen molar-refractivity contribution < 1.29 is 13.9 Å². The summed E-state index contributed by atoms with van der Waals surface area (Å²) in [6.45, 7) is 3.86. The molecule has 148 valence electrons. The summed E-state index contributed by atoms with van der Waals surface area (Å²) in [6, 6.07) is 2.63. The van der Waals surface area contributed by atoms with Gasteiger partial charge in [0.15, 0.2) is 0 Å². The second kappa shape index (κ2) is 9.51. The van der Waals surface area contributed by atoms with Crippen molar-refractivity contribution in [1.29, 1.82) is 0 Å². The molecule has 0 spiro atoms. The maximum atomic E-state index is 13.7. The van der Waals surface area contributed by atoms with Gasteiger partial charge in [0.2, 0.25) is 5.83 Å². The van der Waals surface area contributed by atoms with Crippen LogP contribution in [-0.4, -0.2) is 47.6 Å². The van der Waals surface area contributed by atoms with Crippen molar-refractivity contribution in [2.45, 2.75) is 57.5 Å². The van der Waals surface area contributed by atoms with Crippen LogP contribution in [0.5, 0.6) is 0 Å². The molecule has 0 aromatic carbocycles. The molecule has 1 saturated heterocycles. The number of hydrogen-bond donors (Lipinski definition) is 1. The summed E-state index contributed by atoms with van der Waals surface area (Å²) in [5.74, 6) is -1.35. The molecule has 1 aromatic heterocycles. The van der Waals surface area contributed by atoms with Crippen molar-refractivity contribution in [3.63, 3.8) is 0 Å². The van der Waals surface area contributed by atoms with E-state index >= 15 is 0 Å². The molecule has 2 aliphatic rings. The van der Waals surface area contributed by atoms with E-state index in [9.17, 15) is 9.18 Å². The lowest BCUT2D eigenvalue weighted by Gasteiger charge is -2.31. The van der Waals surface area contributed by atoms with E-state index in [-0.39, 0.29) is 6.61 Å². The summed E-state index contributed by atoms with van der Waals surface area (Å²) in [5, 5.41) is 3.82. The third-order valence-electron chi connectivity index (χ3n) is 5.28. The number of aromatic nitrogens is 1. The normalized spacial score (nSPS) is 22.0. The van der Waals surface area contributed by atoms with E-state index in [4.69, 9.17) is 11.6 Å². The van der Waals surface area contributed by atoms with Crippen molar-refractivity contribution in [1.82, 2.24) is 9.88 Å². The Morgan fingerprint density at radius 1 is 1.41 bits per heavy atom. The SMILES string of the molecule is CCOC(=O)C(F)=Cc1cnc(N[C@@H]2CCN(C3CCCCC3)C2)c(Cl)c1. The minimum atomic E-state index is -0.982. The highest BCUT2D eigenvalue weighted by atomic mass is 35.5. The third kappa shape index (κ3) is 5.42. The first-order valence-electron chi connectivity index (χ1n) is 9.77. The summed E-state index contributed by atoms with van der Waals surface area (Å²) < 4.78 is 18.4. The van der Waals surface area contributed by atoms with Gasteiger partial charge in [0, 0.05) is 31.4 Å². The van der Waals surface area contributed by atoms with Gasteiger partial charge in [-0.05, 0) is 43.9 Å². The number of ether oxygens (including phenoxy) is 1. The molecule has 0 bridgehead atoms. The molecule has 0 amide bonds. The van der Waals surface area contributed by atoms with Crippen molar-refractivity contribution in [2.75, 3.05) is 25.0 Å². The minimum Gasteiger partial charge on any atom is -0.461 e. The van der Waals surface area contributed by atoms with E-state index in [1.54, 1.807) is 13.0 Å². The summed E-state index contributed by atoms with van der Waals surface area (Å²) in [4.78, 5) is 18.2. The first-order chi connectivity index (χ1) is 13.1. The Bertz CT molecular complexity index is 692. The highest BCUT2D eigenvalue weighted by Gasteiger charge is 2.29. The van der Waals surface area contributed by atoms with Crippen molar-refractivity contribution in [3.8, 4) is 0 Å². The Morgan fingerprint density at radius 2 is 2.19 bits per heavy atom. The second-order valence-corrected chi connectivity index (χ2v) is 7.64. The van der Waals surface area contributed by atoms with Crippen LogP contribution in [-0.2, 0) is 9.53 Å². The average Bonchev–Trinajstić information content (AvgIpc) is 3.13. The number of halogens is 2. The Labute approximate surface area is 164 Å². The van der Waals surface area contributed by atoms with E-state index in [2.05, 4.69) is 19.9 Å². The van der Waals surface area contributed by atoms with Crippen LogP contribution < -0.4 is 5.32 Å². The predicted molar refractivity (Wildman–Crippen MR) is 105 cm³/mol. The zero-order valence-corrected chi connectivity index (χ0v) is 16.5. The van der Waals surface area contributed by atoms with Gasteiger partial charge in [0.25, 0.3) is 0 Å². The van der Waals surface area contributed by atoms with Crippen molar-refractivity contribution in [3.05, 3.63) is 28.7 Å². The van der Waals surface area contributed by atoms with Crippen LogP contribution in [0.3, 0.4) is 0 Å². The van der Waals surface area contributed by atoms with Crippen LogP contribution >= 0.6 is 11.6 Å². The number of pyridine rings is 1. The van der Waals surface area contributed by atoms with Crippen LogP contribution in [0.15, 0.2) is 18.1 Å². The molecule has 2 fully saturated rings. The number of carbonyl (C=O) groups excluding carboxylic acids is 1. The smallest absolute Gasteiger partial charge is 0.367 e. The second-order valence-electron chi connectivity index (χ2n) is 7.23. The maximum Gasteiger partial charge on any atom is 0.367 e. The molecular weight excluding hydrogens is 369 g/mol. The molecule has 0 unspecified atom stereocenters. The first-order valence-corrected chi connectivity index (χ1v) is 10.1. The maximum absolute atomic E-state index is 13.7. The Hall–Kier alpha value is -1.66. The quantitative estimate of drug-likeness (QED) is 0.570. The minimum absolute atomic E-state index is 0.126. The Balaban J connectivity index is 1.58. The van der Waals surface area contributed by atoms with Gasteiger partial charge in [0.05, 0.1) is 11.6 Å². The molecule has 1 aromatic rings. The van der Waals surface area contributed by atoms with Gasteiger partial charge < -0.3 is 10.1 Å². The highest BCUT2D eigenvalue weighted by Crippen LogP contribution is 2.28. The lowest BCUT2D eigenvalue weighted by atomic mass is 9.94. The van der Waals surface area contributed by atoms with Crippen molar-refractivity contribution in [2.24, 2.45) is 0 Å². The fourth-order valence-electron chi connectivity index (χ4n) is 3.92. The van der Waals surface area contributed by atoms with Gasteiger partial charge in [0.1, 0.15) is 5.82 Å². The van der Waals surface area contributed by atoms with E-state index in [0.29, 0.717) is 28.5 Å². The number of hydrogen-bond acceptors (Lipinski definition) is 5. The van der Waals surface area contributed by atoms with Crippen LogP contribution in [0, 0.1) is 0 Å². The van der Waals surface area contributed by atoms with Gasteiger partial charge in [-0.15, -0.1) is 0 Å². The van der Waals surface area contributed by atoms with Crippen LogP contribution in [0.25, 0.3) is 6.08 Å². The predicted octanol–water partition coefficient (Wildman–Crippen LogP) is 4.43. The monoisotopic (exact) mass is 395 g/mol. The number of esters is 1. The first kappa shape index (κ1) is 20.1. The standard InChI is InChI=1S/C20H27ClFN3O2/c1-2-27-20(26)18(22)11-14-10-17(21)19(23-12-14)24-15-8-9-25(13-15)16-6-4-3-5-7-16/h10-12,15-16H,2-9,13H2,1H3,(H,23,24)/t15-/m1/s1. The lowest BCUT2D eigenvalue weighted by molar-refractivity contribution is -0.140. The molecule has 1 N–H and O–H groups in total. The van der Waals surface area contributed by atoms with E-state index < -0.39 is 11.8 Å². The fraction of sp³-hybridized carbons (Fsp3) is 0.600. The summed E-state index contributed by atoms with van der Waals surface area (Å²) in [7, 11) is 0. The molecule has 1 aliphatic heterocycles. The largest absolute Gasteiger partial charge is 0.461 e. The van der Waals surface area contributed by atoms with Crippen LogP contribution in [0.2, 0.25) is 5.02 Å². The summed E-state index contributed by atoms with van der Waals surface area (Å²) >= 11 is 6.31. The topological polar surface area (TPSA) is 54.5 Å². The number of nitrogens with zero attached hydrogens (tertiary/aromatic N) is 2. The number of likely N-dealkylation sites (tertiary alicyclic amines) is 1. The summed E-state index contributed by atoms with van der Waals surface area (Å²) in [6.07, 6.45) is 10.3. The third-order valence-corrected chi connectivity index (χ3v) is 5.57. The van der Waals surface area contributed by atoms with Gasteiger partial charge >= 0.3 is 5.97 Å².